The number of carboxylic acids is 1. The van der Waals surface area contributed by atoms with Gasteiger partial charge in [0.1, 0.15) is 0 Å². The van der Waals surface area contributed by atoms with Crippen molar-refractivity contribution in [2.24, 2.45) is 23.2 Å². The van der Waals surface area contributed by atoms with Crippen molar-refractivity contribution >= 4 is 5.97 Å². The van der Waals surface area contributed by atoms with Crippen LogP contribution >= 0.6 is 0 Å². The van der Waals surface area contributed by atoms with Gasteiger partial charge in [-0.2, -0.15) is 0 Å². The van der Waals surface area contributed by atoms with Gasteiger partial charge in [0.15, 0.2) is 0 Å². The van der Waals surface area contributed by atoms with Gasteiger partial charge in [0, 0.05) is 12.6 Å². The van der Waals surface area contributed by atoms with E-state index in [4.69, 9.17) is 0 Å². The highest BCUT2D eigenvalue weighted by atomic mass is 16.4. The van der Waals surface area contributed by atoms with Crippen LogP contribution in [0.1, 0.15) is 59.8 Å². The van der Waals surface area contributed by atoms with Gasteiger partial charge in [0.05, 0.1) is 5.41 Å². The van der Waals surface area contributed by atoms with Gasteiger partial charge in [0.25, 0.3) is 0 Å². The number of likely N-dealkylation sites (tertiary alicyclic amines) is 1. The van der Waals surface area contributed by atoms with Crippen molar-refractivity contribution in [3.8, 4) is 0 Å². The Hall–Kier alpha value is -0.570. The third kappa shape index (κ3) is 3.03. The lowest BCUT2D eigenvalue weighted by Crippen LogP contribution is -2.51. The second-order valence-corrected chi connectivity index (χ2v) is 7.70. The summed E-state index contributed by atoms with van der Waals surface area (Å²) in [4.78, 5) is 14.1. The van der Waals surface area contributed by atoms with E-state index in [2.05, 4.69) is 18.7 Å². The van der Waals surface area contributed by atoms with Crippen molar-refractivity contribution in [1.29, 1.82) is 0 Å². The highest BCUT2D eigenvalue weighted by Gasteiger charge is 2.41. The fourth-order valence-corrected chi connectivity index (χ4v) is 4.14. The lowest BCUT2D eigenvalue weighted by atomic mass is 9.72. The molecule has 2 aliphatic rings. The van der Waals surface area contributed by atoms with E-state index in [9.17, 15) is 9.90 Å². The average Bonchev–Trinajstić information content (AvgIpc) is 2.42. The molecular weight excluding hydrogens is 250 g/mol. The Labute approximate surface area is 123 Å². The molecule has 0 aromatic carbocycles. The van der Waals surface area contributed by atoms with Gasteiger partial charge in [-0.3, -0.25) is 9.69 Å². The van der Waals surface area contributed by atoms with Crippen molar-refractivity contribution < 1.29 is 9.90 Å². The van der Waals surface area contributed by atoms with Crippen molar-refractivity contribution in [2.75, 3.05) is 13.1 Å². The third-order valence-corrected chi connectivity index (χ3v) is 6.16. The molecule has 20 heavy (non-hydrogen) atoms. The molecule has 0 bridgehead atoms. The number of carboxylic acid groups (broad SMARTS) is 1. The Kier molecular flexibility index (Phi) is 4.78. The molecule has 1 N–H and O–H groups in total. The zero-order chi connectivity index (χ0) is 14.9. The van der Waals surface area contributed by atoms with E-state index in [-0.39, 0.29) is 5.92 Å². The number of carbonyl (C=O) groups is 1. The Morgan fingerprint density at radius 3 is 2.50 bits per heavy atom. The molecule has 0 spiro atoms. The van der Waals surface area contributed by atoms with Crippen molar-refractivity contribution in [3.63, 3.8) is 0 Å². The number of nitrogens with zero attached hydrogens (tertiary/aromatic N) is 1. The van der Waals surface area contributed by atoms with Crippen LogP contribution in [-0.2, 0) is 4.79 Å². The Bertz CT molecular complexity index is 353. The van der Waals surface area contributed by atoms with Crippen LogP contribution in [-0.4, -0.2) is 35.1 Å². The fraction of sp³-hybridized carbons (Fsp3) is 0.941. The molecule has 4 unspecified atom stereocenters. The summed E-state index contributed by atoms with van der Waals surface area (Å²) in [6.45, 7) is 10.7. The molecule has 0 aromatic heterocycles. The van der Waals surface area contributed by atoms with E-state index in [1.807, 2.05) is 13.8 Å². The number of hydrogen-bond donors (Lipinski definition) is 1. The standard InChI is InChI=1S/C17H31NO2/c1-12-7-5-9-15(13(12)2)18-10-6-8-14(11-18)17(3,4)16(19)20/h12-15H,5-11H2,1-4H3,(H,19,20). The van der Waals surface area contributed by atoms with Crippen LogP contribution in [0.5, 0.6) is 0 Å². The molecule has 1 heterocycles. The van der Waals surface area contributed by atoms with E-state index in [1.165, 1.54) is 19.3 Å². The quantitative estimate of drug-likeness (QED) is 0.858. The summed E-state index contributed by atoms with van der Waals surface area (Å²) in [5, 5.41) is 9.47. The summed E-state index contributed by atoms with van der Waals surface area (Å²) in [5.41, 5.74) is -0.595. The first-order valence-corrected chi connectivity index (χ1v) is 8.31. The van der Waals surface area contributed by atoms with Crippen LogP contribution in [0.4, 0.5) is 0 Å². The van der Waals surface area contributed by atoms with Gasteiger partial charge < -0.3 is 5.11 Å². The summed E-state index contributed by atoms with van der Waals surface area (Å²) < 4.78 is 0. The smallest absolute Gasteiger partial charge is 0.309 e. The van der Waals surface area contributed by atoms with E-state index < -0.39 is 11.4 Å². The van der Waals surface area contributed by atoms with Gasteiger partial charge in [-0.05, 0) is 57.4 Å². The molecule has 1 aliphatic heterocycles. The zero-order valence-electron chi connectivity index (χ0n) is 13.6. The minimum absolute atomic E-state index is 0.290. The Morgan fingerprint density at radius 2 is 1.85 bits per heavy atom. The molecule has 1 saturated heterocycles. The number of aliphatic carboxylic acids is 1. The minimum atomic E-state index is -0.644. The van der Waals surface area contributed by atoms with Crippen LogP contribution < -0.4 is 0 Å². The summed E-state index contributed by atoms with van der Waals surface area (Å²) in [7, 11) is 0. The molecular formula is C17H31NO2. The molecule has 3 nitrogen and oxygen atoms in total. The summed E-state index contributed by atoms with van der Waals surface area (Å²) >= 11 is 0. The first kappa shape index (κ1) is 15.8. The lowest BCUT2D eigenvalue weighted by molar-refractivity contribution is -0.152. The van der Waals surface area contributed by atoms with Gasteiger partial charge >= 0.3 is 5.97 Å². The van der Waals surface area contributed by atoms with Gasteiger partial charge in [-0.1, -0.05) is 26.7 Å². The van der Waals surface area contributed by atoms with E-state index in [0.29, 0.717) is 6.04 Å². The van der Waals surface area contributed by atoms with E-state index >= 15 is 0 Å². The van der Waals surface area contributed by atoms with Crippen molar-refractivity contribution in [3.05, 3.63) is 0 Å². The molecule has 2 rings (SSSR count). The normalized spacial score (nSPS) is 36.8. The second-order valence-electron chi connectivity index (χ2n) is 7.70. The zero-order valence-corrected chi connectivity index (χ0v) is 13.6. The van der Waals surface area contributed by atoms with Gasteiger partial charge in [-0.15, -0.1) is 0 Å². The molecule has 4 atom stereocenters. The molecule has 1 saturated carbocycles. The first-order valence-electron chi connectivity index (χ1n) is 8.31. The fourth-order valence-electron chi connectivity index (χ4n) is 4.14. The highest BCUT2D eigenvalue weighted by Crippen LogP contribution is 2.39. The maximum atomic E-state index is 11.5. The number of rotatable bonds is 3. The van der Waals surface area contributed by atoms with Crippen LogP contribution in [0.3, 0.4) is 0 Å². The summed E-state index contributed by atoms with van der Waals surface area (Å²) in [5.74, 6) is 1.20. The molecule has 3 heteroatoms. The average molecular weight is 281 g/mol. The summed E-state index contributed by atoms with van der Waals surface area (Å²) in [6, 6.07) is 0.672. The lowest BCUT2D eigenvalue weighted by Gasteiger charge is -2.47. The predicted molar refractivity (Wildman–Crippen MR) is 81.7 cm³/mol. The molecule has 0 radical (unpaired) electrons. The molecule has 0 amide bonds. The first-order chi connectivity index (χ1) is 9.34. The number of hydrogen-bond acceptors (Lipinski definition) is 2. The van der Waals surface area contributed by atoms with Crippen LogP contribution in [0.15, 0.2) is 0 Å². The Balaban J connectivity index is 2.05. The van der Waals surface area contributed by atoms with Crippen molar-refractivity contribution in [1.82, 2.24) is 4.90 Å². The Morgan fingerprint density at radius 1 is 1.15 bits per heavy atom. The monoisotopic (exact) mass is 281 g/mol. The van der Waals surface area contributed by atoms with Crippen LogP contribution in [0.2, 0.25) is 0 Å². The topological polar surface area (TPSA) is 40.5 Å². The minimum Gasteiger partial charge on any atom is -0.481 e. The highest BCUT2D eigenvalue weighted by molar-refractivity contribution is 5.74. The number of piperidine rings is 1. The van der Waals surface area contributed by atoms with Gasteiger partial charge in [-0.25, -0.2) is 0 Å². The molecule has 0 aromatic rings. The largest absolute Gasteiger partial charge is 0.481 e. The van der Waals surface area contributed by atoms with Crippen LogP contribution in [0.25, 0.3) is 0 Å². The third-order valence-electron chi connectivity index (χ3n) is 6.16. The van der Waals surface area contributed by atoms with Gasteiger partial charge in [0.2, 0.25) is 0 Å². The summed E-state index contributed by atoms with van der Waals surface area (Å²) in [6.07, 6.45) is 6.20. The molecule has 1 aliphatic carbocycles. The SMILES string of the molecule is CC1CCCC(N2CCCC(C(C)(C)C(=O)O)C2)C1C. The van der Waals surface area contributed by atoms with E-state index in [0.717, 1.165) is 37.8 Å². The maximum absolute atomic E-state index is 11.5. The maximum Gasteiger partial charge on any atom is 0.309 e. The molecule has 2 fully saturated rings. The second kappa shape index (κ2) is 6.05. The van der Waals surface area contributed by atoms with Crippen LogP contribution in [0, 0.1) is 23.2 Å². The predicted octanol–water partition coefficient (Wildman–Crippen LogP) is 3.63. The van der Waals surface area contributed by atoms with E-state index in [1.54, 1.807) is 0 Å². The molecule has 116 valence electrons. The van der Waals surface area contributed by atoms with Crippen molar-refractivity contribution in [2.45, 2.75) is 65.8 Å².